The van der Waals surface area contributed by atoms with E-state index in [1.165, 1.54) is 32.1 Å². The van der Waals surface area contributed by atoms with Crippen molar-refractivity contribution in [1.29, 1.82) is 0 Å². The molecule has 2 amide bonds. The molecule has 1 unspecified atom stereocenters. The molecule has 1 N–H and O–H groups in total. The molecule has 0 spiro atoms. The average molecular weight is 399 g/mol. The fraction of sp³-hybridized carbons (Fsp3) is 0.522. The highest BCUT2D eigenvalue weighted by Gasteiger charge is 2.30. The summed E-state index contributed by atoms with van der Waals surface area (Å²) in [6, 6.07) is 8.17. The molecule has 6 nitrogen and oxygen atoms in total. The van der Waals surface area contributed by atoms with Crippen LogP contribution in [0.3, 0.4) is 0 Å². The van der Waals surface area contributed by atoms with E-state index >= 15 is 0 Å². The van der Waals surface area contributed by atoms with Gasteiger partial charge in [-0.2, -0.15) is 0 Å². The van der Waals surface area contributed by atoms with Crippen LogP contribution in [0.2, 0.25) is 0 Å². The predicted molar refractivity (Wildman–Crippen MR) is 110 cm³/mol. The first-order chi connectivity index (χ1) is 14.1. The lowest BCUT2D eigenvalue weighted by atomic mass is 9.85. The van der Waals surface area contributed by atoms with Gasteiger partial charge in [0.2, 0.25) is 11.8 Å². The van der Waals surface area contributed by atoms with Crippen molar-refractivity contribution in [2.45, 2.75) is 57.4 Å². The van der Waals surface area contributed by atoms with Crippen molar-refractivity contribution in [2.24, 2.45) is 5.92 Å². The molecule has 1 saturated heterocycles. The molecular weight excluding hydrogens is 368 g/mol. The number of likely N-dealkylation sites (tertiary alicyclic amines) is 1. The van der Waals surface area contributed by atoms with Crippen LogP contribution in [0.15, 0.2) is 42.1 Å². The molecule has 3 rings (SSSR count). The summed E-state index contributed by atoms with van der Waals surface area (Å²) in [6.45, 7) is 0.784. The van der Waals surface area contributed by atoms with E-state index in [0.717, 1.165) is 19.4 Å². The van der Waals surface area contributed by atoms with Crippen LogP contribution in [0.25, 0.3) is 0 Å². The summed E-state index contributed by atoms with van der Waals surface area (Å²) in [6.07, 6.45) is 8.87. The van der Waals surface area contributed by atoms with E-state index in [1.54, 1.807) is 12.1 Å². The number of hydrogen-bond donors (Lipinski definition) is 1. The first kappa shape index (κ1) is 21.1. The van der Waals surface area contributed by atoms with Gasteiger partial charge < -0.3 is 15.0 Å². The maximum absolute atomic E-state index is 12.7. The Bertz CT molecular complexity index is 759. The van der Waals surface area contributed by atoms with Crippen molar-refractivity contribution in [1.82, 2.24) is 10.2 Å². The molecular formula is C23H30N2O4. The fourth-order valence-corrected chi connectivity index (χ4v) is 4.26. The first-order valence-corrected chi connectivity index (χ1v) is 10.5. The maximum Gasteiger partial charge on any atom is 0.333 e. The largest absolute Gasteiger partial charge is 0.467 e. The summed E-state index contributed by atoms with van der Waals surface area (Å²) in [5, 5.41) is 2.73. The number of methoxy groups -OCH3 is 1. The average Bonchev–Trinajstić information content (AvgIpc) is 2.77. The molecule has 0 aromatic heterocycles. The zero-order valence-corrected chi connectivity index (χ0v) is 17.1. The number of carbonyl (C=O) groups excluding carboxylic acids is 3. The van der Waals surface area contributed by atoms with Crippen LogP contribution in [-0.4, -0.2) is 36.3 Å². The molecule has 0 bridgehead atoms. The Balaban J connectivity index is 1.50. The molecule has 1 heterocycles. The number of nitrogens with one attached hydrogen (secondary N) is 1. The Morgan fingerprint density at radius 1 is 1.14 bits per heavy atom. The lowest BCUT2D eigenvalue weighted by Gasteiger charge is -2.38. The molecule has 29 heavy (non-hydrogen) atoms. The molecule has 156 valence electrons. The molecule has 1 aliphatic carbocycles. The number of allylic oxidation sites excluding steroid dienone is 2. The summed E-state index contributed by atoms with van der Waals surface area (Å²) in [5.41, 5.74) is 1.87. The van der Waals surface area contributed by atoms with Crippen LogP contribution in [0, 0.1) is 5.92 Å². The van der Waals surface area contributed by atoms with Crippen molar-refractivity contribution in [2.75, 3.05) is 13.7 Å². The zero-order valence-electron chi connectivity index (χ0n) is 17.1. The second-order valence-corrected chi connectivity index (χ2v) is 7.73. The Morgan fingerprint density at radius 2 is 1.90 bits per heavy atom. The number of benzene rings is 1. The number of nitrogens with zero attached hydrogens (tertiary/aromatic N) is 1. The van der Waals surface area contributed by atoms with Gasteiger partial charge in [-0.15, -0.1) is 0 Å². The predicted octanol–water partition coefficient (Wildman–Crippen LogP) is 3.49. The van der Waals surface area contributed by atoms with Crippen LogP contribution in [0.4, 0.5) is 0 Å². The van der Waals surface area contributed by atoms with Crippen molar-refractivity contribution in [3.8, 4) is 0 Å². The summed E-state index contributed by atoms with van der Waals surface area (Å²) in [7, 11) is 1.30. The number of piperidine rings is 1. The molecule has 0 radical (unpaired) electrons. The molecule has 1 fully saturated rings. The number of esters is 1. The quantitative estimate of drug-likeness (QED) is 0.714. The van der Waals surface area contributed by atoms with Gasteiger partial charge in [0.15, 0.2) is 6.04 Å². The molecule has 1 aromatic carbocycles. The molecule has 1 aliphatic heterocycles. The number of carbonyl (C=O) groups is 3. The SMILES string of the molecule is COC(=O)[C@H](NC(=O)CCCC(=O)N1CCCC2CCCC=C21)c1ccccc1. The van der Waals surface area contributed by atoms with Crippen LogP contribution >= 0.6 is 0 Å². The lowest BCUT2D eigenvalue weighted by molar-refractivity contribution is -0.145. The van der Waals surface area contributed by atoms with Gasteiger partial charge in [-0.3, -0.25) is 9.59 Å². The monoisotopic (exact) mass is 398 g/mol. The number of fused-ring (bicyclic) bond motifs is 1. The third-order valence-electron chi connectivity index (χ3n) is 5.75. The van der Waals surface area contributed by atoms with Crippen LogP contribution in [0.1, 0.15) is 63.0 Å². The number of rotatable bonds is 7. The Hall–Kier alpha value is -2.63. The van der Waals surface area contributed by atoms with Crippen molar-refractivity contribution < 1.29 is 19.1 Å². The topological polar surface area (TPSA) is 75.7 Å². The Kier molecular flexibility index (Phi) is 7.44. The van der Waals surface area contributed by atoms with Gasteiger partial charge in [-0.1, -0.05) is 36.4 Å². The van der Waals surface area contributed by atoms with E-state index in [-0.39, 0.29) is 18.2 Å². The standard InChI is InChI=1S/C23H30N2O4/c1-29-23(28)22(18-10-3-2-4-11-18)24-20(26)14-7-15-21(27)25-16-8-12-17-9-5-6-13-19(17)25/h2-4,10-11,13,17,22H,5-9,12,14-16H2,1H3,(H,24,26)/t17?,22-/m1/s1. The number of ether oxygens (including phenoxy) is 1. The van der Waals surface area contributed by atoms with Crippen LogP contribution < -0.4 is 5.32 Å². The first-order valence-electron chi connectivity index (χ1n) is 10.5. The van der Waals surface area contributed by atoms with E-state index in [1.807, 2.05) is 23.1 Å². The van der Waals surface area contributed by atoms with Crippen molar-refractivity contribution in [3.63, 3.8) is 0 Å². The smallest absolute Gasteiger partial charge is 0.333 e. The number of hydrogen-bond acceptors (Lipinski definition) is 4. The van der Waals surface area contributed by atoms with Gasteiger partial charge in [0.25, 0.3) is 0 Å². The Morgan fingerprint density at radius 3 is 2.66 bits per heavy atom. The minimum atomic E-state index is -0.834. The van der Waals surface area contributed by atoms with Crippen LogP contribution in [-0.2, 0) is 19.1 Å². The zero-order chi connectivity index (χ0) is 20.6. The van der Waals surface area contributed by atoms with Gasteiger partial charge in [0.1, 0.15) is 0 Å². The normalized spacial score (nSPS) is 19.6. The second kappa shape index (κ2) is 10.2. The highest BCUT2D eigenvalue weighted by Crippen LogP contribution is 2.35. The van der Waals surface area contributed by atoms with Crippen LogP contribution in [0.5, 0.6) is 0 Å². The summed E-state index contributed by atoms with van der Waals surface area (Å²) < 4.78 is 4.82. The number of amides is 2. The fourth-order valence-electron chi connectivity index (χ4n) is 4.26. The molecule has 0 saturated carbocycles. The minimum absolute atomic E-state index is 0.100. The van der Waals surface area contributed by atoms with E-state index in [0.29, 0.717) is 24.3 Å². The van der Waals surface area contributed by atoms with Crippen molar-refractivity contribution in [3.05, 3.63) is 47.7 Å². The third kappa shape index (κ3) is 5.46. The van der Waals surface area contributed by atoms with E-state index in [4.69, 9.17) is 4.74 Å². The minimum Gasteiger partial charge on any atom is -0.467 e. The van der Waals surface area contributed by atoms with Gasteiger partial charge in [-0.05, 0) is 50.0 Å². The highest BCUT2D eigenvalue weighted by atomic mass is 16.5. The molecule has 2 aliphatic rings. The summed E-state index contributed by atoms with van der Waals surface area (Å²) >= 11 is 0. The Labute approximate surface area is 172 Å². The highest BCUT2D eigenvalue weighted by molar-refractivity contribution is 5.86. The maximum atomic E-state index is 12.7. The van der Waals surface area contributed by atoms with Gasteiger partial charge in [0.05, 0.1) is 7.11 Å². The molecule has 1 aromatic rings. The van der Waals surface area contributed by atoms with Crippen molar-refractivity contribution >= 4 is 17.8 Å². The second-order valence-electron chi connectivity index (χ2n) is 7.73. The summed E-state index contributed by atoms with van der Waals surface area (Å²) in [4.78, 5) is 39.1. The van der Waals surface area contributed by atoms with Gasteiger partial charge in [0, 0.05) is 25.1 Å². The third-order valence-corrected chi connectivity index (χ3v) is 5.75. The van der Waals surface area contributed by atoms with E-state index in [2.05, 4.69) is 11.4 Å². The lowest BCUT2D eigenvalue weighted by Crippen LogP contribution is -2.39. The van der Waals surface area contributed by atoms with E-state index in [9.17, 15) is 14.4 Å². The summed E-state index contributed by atoms with van der Waals surface area (Å²) in [5.74, 6) is -0.144. The molecule has 2 atom stereocenters. The van der Waals surface area contributed by atoms with Gasteiger partial charge >= 0.3 is 5.97 Å². The van der Waals surface area contributed by atoms with E-state index < -0.39 is 12.0 Å². The van der Waals surface area contributed by atoms with Gasteiger partial charge in [-0.25, -0.2) is 4.79 Å². The molecule has 6 heteroatoms.